The van der Waals surface area contributed by atoms with Crippen LogP contribution in [-0.2, 0) is 10.5 Å². The molecular weight excluding hydrogens is 419 g/mol. The fraction of sp³-hybridized carbons (Fsp3) is 0.182. The zero-order chi connectivity index (χ0) is 22.1. The molecule has 2 aromatic carbocycles. The number of rotatable bonds is 6. The second kappa shape index (κ2) is 8.35. The molecule has 0 saturated heterocycles. The van der Waals surface area contributed by atoms with Gasteiger partial charge >= 0.3 is 5.97 Å². The Morgan fingerprint density at radius 1 is 1.19 bits per heavy atom. The van der Waals surface area contributed by atoms with Crippen molar-refractivity contribution in [1.29, 1.82) is 0 Å². The summed E-state index contributed by atoms with van der Waals surface area (Å²) in [6.07, 6.45) is 0. The molecule has 0 aliphatic carbocycles. The average Bonchev–Trinajstić information content (AvgIpc) is 3.14. The summed E-state index contributed by atoms with van der Waals surface area (Å²) >= 11 is 1.29. The summed E-state index contributed by atoms with van der Waals surface area (Å²) in [5.41, 5.74) is 2.60. The van der Waals surface area contributed by atoms with Gasteiger partial charge in [-0.05, 0) is 43.2 Å². The van der Waals surface area contributed by atoms with Crippen LogP contribution in [0.15, 0.2) is 65.0 Å². The molecule has 0 radical (unpaired) electrons. The van der Waals surface area contributed by atoms with Crippen LogP contribution in [0.25, 0.3) is 0 Å². The summed E-state index contributed by atoms with van der Waals surface area (Å²) in [4.78, 5) is 28.1. The number of nitrogens with zero attached hydrogens (tertiary/aromatic N) is 3. The largest absolute Gasteiger partial charge is 0.478 e. The molecule has 1 aromatic heterocycles. The van der Waals surface area contributed by atoms with Crippen LogP contribution in [-0.4, -0.2) is 31.6 Å². The summed E-state index contributed by atoms with van der Waals surface area (Å²) in [6.45, 7) is 3.27. The Morgan fingerprint density at radius 2 is 1.90 bits per heavy atom. The van der Waals surface area contributed by atoms with Gasteiger partial charge in [0, 0.05) is 17.0 Å². The summed E-state index contributed by atoms with van der Waals surface area (Å²) in [7, 11) is 0. The van der Waals surface area contributed by atoms with Gasteiger partial charge in [0.1, 0.15) is 11.9 Å². The number of aromatic nitrogens is 3. The minimum absolute atomic E-state index is 0.126. The number of Topliss-reactive ketones (excluding diaryl/α,β-unsaturated/α-hetero) is 1. The van der Waals surface area contributed by atoms with E-state index in [0.29, 0.717) is 39.3 Å². The predicted octanol–water partition coefficient (Wildman–Crippen LogP) is 4.29. The number of anilines is 1. The van der Waals surface area contributed by atoms with E-state index in [1.165, 1.54) is 36.9 Å². The number of hydrogen-bond donors (Lipinski definition) is 2. The number of fused-ring (bicyclic) bond motifs is 1. The van der Waals surface area contributed by atoms with Crippen LogP contribution >= 0.6 is 11.8 Å². The molecule has 0 saturated carbocycles. The van der Waals surface area contributed by atoms with Gasteiger partial charge in [0.05, 0.1) is 5.56 Å². The van der Waals surface area contributed by atoms with Crippen LogP contribution in [0.4, 0.5) is 10.3 Å². The van der Waals surface area contributed by atoms with Gasteiger partial charge in [0.15, 0.2) is 5.78 Å². The molecular formula is C22H19FN4O3S. The standard InChI is InChI=1S/C22H19FN4O3S/c1-12-18(13(2)28)19(14-7-9-15(10-8-14)20(29)30)27-21(24-12)25-22(26-27)31-11-16-5-3-4-6-17(16)23/h3-10,19H,11H2,1-2H3,(H,29,30)(H,24,25,26). The first-order chi connectivity index (χ1) is 14.8. The summed E-state index contributed by atoms with van der Waals surface area (Å²) in [6, 6.07) is 12.3. The van der Waals surface area contributed by atoms with E-state index < -0.39 is 12.0 Å². The third-order valence-electron chi connectivity index (χ3n) is 5.00. The maximum Gasteiger partial charge on any atom is 0.335 e. The van der Waals surface area contributed by atoms with Crippen molar-refractivity contribution >= 4 is 29.5 Å². The molecule has 0 amide bonds. The van der Waals surface area contributed by atoms with Crippen molar-refractivity contribution in [2.24, 2.45) is 0 Å². The van der Waals surface area contributed by atoms with Crippen LogP contribution in [0.3, 0.4) is 0 Å². The van der Waals surface area contributed by atoms with E-state index >= 15 is 0 Å². The Hall–Kier alpha value is -3.46. The zero-order valence-electron chi connectivity index (χ0n) is 16.8. The Balaban J connectivity index is 1.69. The minimum Gasteiger partial charge on any atom is -0.478 e. The maximum atomic E-state index is 13.9. The van der Waals surface area contributed by atoms with E-state index in [4.69, 9.17) is 0 Å². The number of halogens is 1. The zero-order valence-corrected chi connectivity index (χ0v) is 17.6. The molecule has 7 nitrogen and oxygen atoms in total. The molecule has 2 N–H and O–H groups in total. The van der Waals surface area contributed by atoms with Gasteiger partial charge in [0.25, 0.3) is 0 Å². The molecule has 0 fully saturated rings. The Kier molecular flexibility index (Phi) is 5.60. The number of carbonyl (C=O) groups is 2. The molecule has 3 aromatic rings. The van der Waals surface area contributed by atoms with Crippen molar-refractivity contribution in [2.45, 2.75) is 30.8 Å². The van der Waals surface area contributed by atoms with Crippen LogP contribution in [0, 0.1) is 5.82 Å². The highest BCUT2D eigenvalue weighted by molar-refractivity contribution is 7.98. The van der Waals surface area contributed by atoms with Gasteiger partial charge in [-0.3, -0.25) is 4.79 Å². The Morgan fingerprint density at radius 3 is 2.55 bits per heavy atom. The fourth-order valence-corrected chi connectivity index (χ4v) is 4.34. The van der Waals surface area contributed by atoms with Crippen molar-refractivity contribution in [3.05, 3.63) is 82.3 Å². The summed E-state index contributed by atoms with van der Waals surface area (Å²) in [5.74, 6) is -0.613. The SMILES string of the molecule is CC(=O)C1=C(C)Nc2nc(SCc3ccccc3F)nn2C1c1ccc(C(=O)O)cc1. The van der Waals surface area contributed by atoms with Gasteiger partial charge in [0.2, 0.25) is 11.1 Å². The molecule has 158 valence electrons. The molecule has 1 aliphatic rings. The normalized spacial score (nSPS) is 15.4. The third-order valence-corrected chi connectivity index (χ3v) is 5.89. The molecule has 31 heavy (non-hydrogen) atoms. The first kappa shape index (κ1) is 20.8. The van der Waals surface area contributed by atoms with Crippen molar-refractivity contribution in [3.63, 3.8) is 0 Å². The number of carboxylic acids is 1. The number of carboxylic acid groups (broad SMARTS) is 1. The van der Waals surface area contributed by atoms with E-state index in [1.807, 2.05) is 0 Å². The molecule has 1 atom stereocenters. The quantitative estimate of drug-likeness (QED) is 0.554. The lowest BCUT2D eigenvalue weighted by Crippen LogP contribution is -2.27. The molecule has 2 heterocycles. The molecule has 0 bridgehead atoms. The van der Waals surface area contributed by atoms with Crippen molar-refractivity contribution in [1.82, 2.24) is 14.8 Å². The van der Waals surface area contributed by atoms with Crippen molar-refractivity contribution in [2.75, 3.05) is 5.32 Å². The fourth-order valence-electron chi connectivity index (χ4n) is 3.52. The molecule has 9 heteroatoms. The highest BCUT2D eigenvalue weighted by Crippen LogP contribution is 2.37. The number of nitrogens with one attached hydrogen (secondary N) is 1. The number of benzene rings is 2. The molecule has 0 spiro atoms. The lowest BCUT2D eigenvalue weighted by molar-refractivity contribution is -0.114. The van der Waals surface area contributed by atoms with Crippen molar-refractivity contribution in [3.8, 4) is 0 Å². The predicted molar refractivity (Wildman–Crippen MR) is 115 cm³/mol. The Labute approximate surface area is 182 Å². The highest BCUT2D eigenvalue weighted by Gasteiger charge is 2.32. The van der Waals surface area contributed by atoms with Crippen LogP contribution in [0.5, 0.6) is 0 Å². The topological polar surface area (TPSA) is 97.1 Å². The number of allylic oxidation sites excluding steroid dienone is 2. The second-order valence-electron chi connectivity index (χ2n) is 7.09. The third kappa shape index (κ3) is 4.09. The van der Waals surface area contributed by atoms with Gasteiger partial charge < -0.3 is 10.4 Å². The smallest absolute Gasteiger partial charge is 0.335 e. The number of aromatic carboxylic acids is 1. The first-order valence-corrected chi connectivity index (χ1v) is 10.5. The lowest BCUT2D eigenvalue weighted by Gasteiger charge is -2.28. The van der Waals surface area contributed by atoms with Gasteiger partial charge in [-0.2, -0.15) is 4.98 Å². The molecule has 1 aliphatic heterocycles. The average molecular weight is 438 g/mol. The number of carbonyl (C=O) groups excluding carboxylic acids is 1. The molecule has 1 unspecified atom stereocenters. The van der Waals surface area contributed by atoms with Gasteiger partial charge in [-0.15, -0.1) is 5.10 Å². The van der Waals surface area contributed by atoms with E-state index in [-0.39, 0.29) is 17.2 Å². The maximum absolute atomic E-state index is 13.9. The van der Waals surface area contributed by atoms with E-state index in [0.717, 1.165) is 0 Å². The minimum atomic E-state index is -1.02. The number of thioether (sulfide) groups is 1. The number of hydrogen-bond acceptors (Lipinski definition) is 6. The van der Waals surface area contributed by atoms with E-state index in [2.05, 4.69) is 15.4 Å². The first-order valence-electron chi connectivity index (χ1n) is 9.50. The van der Waals surface area contributed by atoms with Crippen molar-refractivity contribution < 1.29 is 19.1 Å². The Bertz CT molecular complexity index is 1200. The number of ketones is 1. The van der Waals surface area contributed by atoms with Crippen LogP contribution in [0.2, 0.25) is 0 Å². The van der Waals surface area contributed by atoms with Crippen LogP contribution in [0.1, 0.15) is 41.4 Å². The second-order valence-corrected chi connectivity index (χ2v) is 8.03. The van der Waals surface area contributed by atoms with Gasteiger partial charge in [-0.25, -0.2) is 13.9 Å². The molecule has 4 rings (SSSR count). The van der Waals surface area contributed by atoms with Gasteiger partial charge in [-0.1, -0.05) is 42.1 Å². The van der Waals surface area contributed by atoms with E-state index in [9.17, 15) is 19.1 Å². The summed E-state index contributed by atoms with van der Waals surface area (Å²) in [5, 5.41) is 17.3. The van der Waals surface area contributed by atoms with Crippen LogP contribution < -0.4 is 5.32 Å². The van der Waals surface area contributed by atoms with E-state index in [1.54, 1.807) is 41.9 Å². The highest BCUT2D eigenvalue weighted by atomic mass is 32.2. The summed E-state index contributed by atoms with van der Waals surface area (Å²) < 4.78 is 15.5. The monoisotopic (exact) mass is 438 g/mol. The lowest BCUT2D eigenvalue weighted by atomic mass is 9.93.